The van der Waals surface area contributed by atoms with E-state index in [9.17, 15) is 14.0 Å². The van der Waals surface area contributed by atoms with Crippen molar-refractivity contribution in [3.8, 4) is 11.1 Å². The van der Waals surface area contributed by atoms with Gasteiger partial charge in [0.25, 0.3) is 5.91 Å². The summed E-state index contributed by atoms with van der Waals surface area (Å²) in [5.74, 6) is 0.222. The Hall–Kier alpha value is -3.46. The predicted molar refractivity (Wildman–Crippen MR) is 142 cm³/mol. The van der Waals surface area contributed by atoms with Gasteiger partial charge < -0.3 is 23.7 Å². The van der Waals surface area contributed by atoms with Crippen LogP contribution in [0.15, 0.2) is 36.7 Å². The molecule has 2 aromatic heterocycles. The molecule has 0 saturated carbocycles. The second-order valence-corrected chi connectivity index (χ2v) is 11.5. The molecule has 2 aliphatic heterocycles. The van der Waals surface area contributed by atoms with Crippen molar-refractivity contribution < 1.29 is 23.5 Å². The van der Waals surface area contributed by atoms with Gasteiger partial charge in [-0.15, -0.1) is 0 Å². The van der Waals surface area contributed by atoms with Gasteiger partial charge in [-0.25, -0.2) is 14.2 Å². The summed E-state index contributed by atoms with van der Waals surface area (Å²) in [7, 11) is 0. The molecule has 0 unspecified atom stereocenters. The molecule has 2 saturated heterocycles. The number of hydrogen-bond acceptors (Lipinski definition) is 5. The van der Waals surface area contributed by atoms with E-state index < -0.39 is 11.4 Å². The van der Waals surface area contributed by atoms with E-state index in [1.807, 2.05) is 58.2 Å². The maximum Gasteiger partial charge on any atom is 0.410 e. The summed E-state index contributed by atoms with van der Waals surface area (Å²) in [6, 6.07) is 6.18. The van der Waals surface area contributed by atoms with Crippen molar-refractivity contribution in [3.63, 3.8) is 0 Å². The minimum absolute atomic E-state index is 0.103. The number of ether oxygens (including phenoxy) is 2. The summed E-state index contributed by atoms with van der Waals surface area (Å²) in [5.41, 5.74) is 3.06. The number of amides is 2. The van der Waals surface area contributed by atoms with Gasteiger partial charge in [0, 0.05) is 30.8 Å². The van der Waals surface area contributed by atoms with Crippen molar-refractivity contribution in [1.82, 2.24) is 19.2 Å². The summed E-state index contributed by atoms with van der Waals surface area (Å²) in [6.07, 6.45) is 3.49. The molecule has 5 rings (SSSR count). The first-order valence-corrected chi connectivity index (χ1v) is 13.1. The van der Waals surface area contributed by atoms with Crippen molar-refractivity contribution in [2.75, 3.05) is 26.3 Å². The third-order valence-electron chi connectivity index (χ3n) is 7.26. The molecule has 8 nitrogen and oxygen atoms in total. The van der Waals surface area contributed by atoms with Crippen LogP contribution in [0.4, 0.5) is 9.18 Å². The normalized spacial score (nSPS) is 20.5. The Morgan fingerprint density at radius 3 is 2.42 bits per heavy atom. The molecule has 202 valence electrons. The molecular weight excluding hydrogens is 487 g/mol. The number of pyridine rings is 1. The van der Waals surface area contributed by atoms with Crippen molar-refractivity contribution in [1.29, 1.82) is 0 Å². The number of carbonyl (C=O) groups is 2. The van der Waals surface area contributed by atoms with E-state index in [2.05, 4.69) is 4.98 Å². The summed E-state index contributed by atoms with van der Waals surface area (Å²) in [5, 5.41) is 0. The third kappa shape index (κ3) is 4.87. The molecule has 4 heterocycles. The number of halogens is 1. The van der Waals surface area contributed by atoms with Crippen molar-refractivity contribution in [2.45, 2.75) is 65.1 Å². The fraction of sp³-hybridized carbons (Fsp3) is 0.483. The standard InChI is InChI=1S/C29H35FN4O4/c1-17-15-37-16-18(2)34(17)27(35)25-10-22(30)7-8-23(25)24-9-20(14-33-19(3)31-11-26(24)33)21-12-32(13-21)28(36)38-29(4,5)6/h7-11,14,17-18,21H,12-13,15-16H2,1-6H3/t17-,18-/m1/s1. The van der Waals surface area contributed by atoms with Crippen LogP contribution in [0.25, 0.3) is 16.6 Å². The summed E-state index contributed by atoms with van der Waals surface area (Å²) in [6.45, 7) is 13.3. The number of hydrogen-bond donors (Lipinski definition) is 0. The topological polar surface area (TPSA) is 76.4 Å². The largest absolute Gasteiger partial charge is 0.444 e. The Bertz CT molecular complexity index is 1380. The molecule has 2 fully saturated rings. The second-order valence-electron chi connectivity index (χ2n) is 11.5. The van der Waals surface area contributed by atoms with Gasteiger partial charge in [-0.1, -0.05) is 6.07 Å². The number of imidazole rings is 1. The number of nitrogens with zero attached hydrogens (tertiary/aromatic N) is 4. The quantitative estimate of drug-likeness (QED) is 0.482. The number of morpholine rings is 1. The molecule has 0 N–H and O–H groups in total. The number of likely N-dealkylation sites (tertiary alicyclic amines) is 1. The zero-order valence-electron chi connectivity index (χ0n) is 22.8. The van der Waals surface area contributed by atoms with Gasteiger partial charge in [-0.2, -0.15) is 0 Å². The fourth-order valence-electron chi connectivity index (χ4n) is 5.32. The summed E-state index contributed by atoms with van der Waals surface area (Å²) >= 11 is 0. The maximum absolute atomic E-state index is 14.5. The van der Waals surface area contributed by atoms with Crippen molar-refractivity contribution in [2.24, 2.45) is 0 Å². The van der Waals surface area contributed by atoms with Crippen LogP contribution >= 0.6 is 0 Å². The SMILES string of the molecule is Cc1ncc2c(-c3ccc(F)cc3C(=O)N3[C@H](C)COC[C@H]3C)cc(C3CN(C(=O)OC(C)(C)C)C3)cn12. The molecule has 38 heavy (non-hydrogen) atoms. The van der Waals surface area contributed by atoms with Crippen LogP contribution in [-0.4, -0.2) is 75.2 Å². The van der Waals surface area contributed by atoms with Gasteiger partial charge in [-0.3, -0.25) is 4.79 Å². The number of aromatic nitrogens is 2. The highest BCUT2D eigenvalue weighted by atomic mass is 19.1. The Balaban J connectivity index is 1.53. The molecule has 2 aliphatic rings. The van der Waals surface area contributed by atoms with Crippen LogP contribution in [0.3, 0.4) is 0 Å². The highest BCUT2D eigenvalue weighted by Gasteiger charge is 2.36. The van der Waals surface area contributed by atoms with Gasteiger partial charge in [0.1, 0.15) is 17.2 Å². The number of rotatable bonds is 3. The Morgan fingerprint density at radius 2 is 1.76 bits per heavy atom. The molecule has 0 spiro atoms. The van der Waals surface area contributed by atoms with Crippen LogP contribution in [0, 0.1) is 12.7 Å². The average molecular weight is 523 g/mol. The summed E-state index contributed by atoms with van der Waals surface area (Å²) in [4.78, 5) is 34.3. The van der Waals surface area contributed by atoms with E-state index in [1.54, 1.807) is 22.1 Å². The zero-order valence-corrected chi connectivity index (χ0v) is 22.8. The fourth-order valence-corrected chi connectivity index (χ4v) is 5.32. The highest BCUT2D eigenvalue weighted by molar-refractivity contribution is 6.03. The van der Waals surface area contributed by atoms with Gasteiger partial charge in [0.05, 0.1) is 42.6 Å². The van der Waals surface area contributed by atoms with Crippen molar-refractivity contribution in [3.05, 3.63) is 59.4 Å². The first-order valence-electron chi connectivity index (χ1n) is 13.1. The smallest absolute Gasteiger partial charge is 0.410 e. The first-order chi connectivity index (χ1) is 17.9. The van der Waals surface area contributed by atoms with Crippen molar-refractivity contribution >= 4 is 17.5 Å². The van der Waals surface area contributed by atoms with E-state index in [4.69, 9.17) is 9.47 Å². The van der Waals surface area contributed by atoms with E-state index in [-0.39, 0.29) is 30.0 Å². The zero-order chi connectivity index (χ0) is 27.4. The molecule has 2 amide bonds. The predicted octanol–water partition coefficient (Wildman–Crippen LogP) is 5.03. The van der Waals surface area contributed by atoms with Crippen LogP contribution in [0.5, 0.6) is 0 Å². The molecule has 2 atom stereocenters. The molecule has 0 aliphatic carbocycles. The summed E-state index contributed by atoms with van der Waals surface area (Å²) < 4.78 is 27.7. The van der Waals surface area contributed by atoms with E-state index in [0.29, 0.717) is 37.4 Å². The lowest BCUT2D eigenvalue weighted by molar-refractivity contribution is -0.0249. The minimum Gasteiger partial charge on any atom is -0.444 e. The highest BCUT2D eigenvalue weighted by Crippen LogP contribution is 2.36. The number of carbonyl (C=O) groups excluding carboxylic acids is 2. The molecule has 3 aromatic rings. The van der Waals surface area contributed by atoms with E-state index in [0.717, 1.165) is 22.5 Å². The molecule has 9 heteroatoms. The van der Waals surface area contributed by atoms with Gasteiger partial charge >= 0.3 is 6.09 Å². The first kappa shape index (κ1) is 26.2. The van der Waals surface area contributed by atoms with Gasteiger partial charge in [-0.05, 0) is 70.9 Å². The molecule has 1 aromatic carbocycles. The van der Waals surface area contributed by atoms with Gasteiger partial charge in [0.2, 0.25) is 0 Å². The lowest BCUT2D eigenvalue weighted by Crippen LogP contribution is -2.52. The Morgan fingerprint density at radius 1 is 1.08 bits per heavy atom. The van der Waals surface area contributed by atoms with Crippen LogP contribution in [0.2, 0.25) is 0 Å². The lowest BCUT2D eigenvalue weighted by Gasteiger charge is -2.40. The van der Waals surface area contributed by atoms with E-state index >= 15 is 0 Å². The van der Waals surface area contributed by atoms with E-state index in [1.165, 1.54) is 12.1 Å². The maximum atomic E-state index is 14.5. The lowest BCUT2D eigenvalue weighted by atomic mass is 9.89. The second kappa shape index (κ2) is 9.69. The molecule has 0 bridgehead atoms. The number of aryl methyl sites for hydroxylation is 1. The number of benzene rings is 1. The Kier molecular flexibility index (Phi) is 6.67. The average Bonchev–Trinajstić information content (AvgIpc) is 3.17. The van der Waals surface area contributed by atoms with Crippen LogP contribution < -0.4 is 0 Å². The third-order valence-corrected chi connectivity index (χ3v) is 7.26. The molecule has 0 radical (unpaired) electrons. The van der Waals surface area contributed by atoms with Gasteiger partial charge in [0.15, 0.2) is 0 Å². The monoisotopic (exact) mass is 522 g/mol. The Labute approximate surface area is 222 Å². The minimum atomic E-state index is -0.552. The molecular formula is C29H35FN4O4. The van der Waals surface area contributed by atoms with Crippen LogP contribution in [0.1, 0.15) is 62.3 Å². The number of fused-ring (bicyclic) bond motifs is 1. The van der Waals surface area contributed by atoms with Crippen LogP contribution in [-0.2, 0) is 9.47 Å².